The second-order valence-electron chi connectivity index (χ2n) is 4.31. The Morgan fingerprint density at radius 2 is 2.18 bits per heavy atom. The van der Waals surface area contributed by atoms with Crippen LogP contribution in [0.4, 0.5) is 4.39 Å². The predicted molar refractivity (Wildman–Crippen MR) is 63.4 cm³/mol. The summed E-state index contributed by atoms with van der Waals surface area (Å²) in [6, 6.07) is 6.63. The van der Waals surface area contributed by atoms with Crippen molar-refractivity contribution in [1.29, 1.82) is 0 Å². The minimum absolute atomic E-state index is 0.0988. The minimum atomic E-state index is -0.816. The summed E-state index contributed by atoms with van der Waals surface area (Å²) in [7, 11) is 1.57. The standard InChI is InChI=1S/C13H16FNO2/c1-9-8-13(16-3,10(2)15-17-9)11-6-4-5-7-12(11)14/h4-7,9H,8H2,1-3H3. The van der Waals surface area contributed by atoms with E-state index in [0.29, 0.717) is 17.7 Å². The first-order chi connectivity index (χ1) is 8.10. The largest absolute Gasteiger partial charge is 0.393 e. The van der Waals surface area contributed by atoms with Gasteiger partial charge >= 0.3 is 0 Å². The summed E-state index contributed by atoms with van der Waals surface area (Å²) in [6.07, 6.45) is 0.456. The predicted octanol–water partition coefficient (Wildman–Crippen LogP) is 2.85. The minimum Gasteiger partial charge on any atom is -0.393 e. The fraction of sp³-hybridized carbons (Fsp3) is 0.462. The van der Waals surface area contributed by atoms with E-state index >= 15 is 0 Å². The number of oxime groups is 1. The van der Waals surface area contributed by atoms with Crippen molar-refractivity contribution in [3.63, 3.8) is 0 Å². The average Bonchev–Trinajstić information content (AvgIpc) is 2.33. The van der Waals surface area contributed by atoms with Gasteiger partial charge in [-0.15, -0.1) is 0 Å². The Morgan fingerprint density at radius 1 is 1.47 bits per heavy atom. The van der Waals surface area contributed by atoms with E-state index in [4.69, 9.17) is 9.57 Å². The number of hydrogen-bond donors (Lipinski definition) is 0. The highest BCUT2D eigenvalue weighted by atomic mass is 19.1. The summed E-state index contributed by atoms with van der Waals surface area (Å²) in [5, 5.41) is 3.98. The van der Waals surface area contributed by atoms with Crippen LogP contribution in [0.25, 0.3) is 0 Å². The van der Waals surface area contributed by atoms with Crippen molar-refractivity contribution < 1.29 is 14.0 Å². The Labute approximate surface area is 100 Å². The van der Waals surface area contributed by atoms with Gasteiger partial charge in [0.15, 0.2) is 0 Å². The van der Waals surface area contributed by atoms with Crippen LogP contribution in [0.2, 0.25) is 0 Å². The van der Waals surface area contributed by atoms with Crippen LogP contribution >= 0.6 is 0 Å². The molecule has 2 atom stereocenters. The maximum Gasteiger partial charge on any atom is 0.140 e. The number of rotatable bonds is 2. The zero-order valence-electron chi connectivity index (χ0n) is 10.2. The summed E-state index contributed by atoms with van der Waals surface area (Å²) in [5.41, 5.74) is 0.338. The smallest absolute Gasteiger partial charge is 0.140 e. The van der Waals surface area contributed by atoms with E-state index in [9.17, 15) is 4.39 Å². The Morgan fingerprint density at radius 3 is 2.82 bits per heavy atom. The van der Waals surface area contributed by atoms with Gasteiger partial charge in [0.05, 0.1) is 5.71 Å². The van der Waals surface area contributed by atoms with E-state index in [1.165, 1.54) is 6.07 Å². The van der Waals surface area contributed by atoms with Crippen LogP contribution in [0.5, 0.6) is 0 Å². The highest BCUT2D eigenvalue weighted by molar-refractivity contribution is 5.91. The molecule has 0 amide bonds. The topological polar surface area (TPSA) is 30.8 Å². The lowest BCUT2D eigenvalue weighted by atomic mass is 9.83. The van der Waals surface area contributed by atoms with Crippen LogP contribution in [0.15, 0.2) is 29.4 Å². The van der Waals surface area contributed by atoms with Gasteiger partial charge < -0.3 is 9.57 Å². The van der Waals surface area contributed by atoms with Crippen molar-refractivity contribution >= 4 is 5.71 Å². The Bertz CT molecular complexity index is 447. The molecular formula is C13H16FNO2. The van der Waals surface area contributed by atoms with Crippen LogP contribution < -0.4 is 0 Å². The zero-order chi connectivity index (χ0) is 12.5. The Hall–Kier alpha value is -1.42. The Kier molecular flexibility index (Phi) is 3.15. The highest BCUT2D eigenvalue weighted by Crippen LogP contribution is 2.37. The molecule has 0 spiro atoms. The molecule has 1 aliphatic heterocycles. The first kappa shape index (κ1) is 12.0. The van der Waals surface area contributed by atoms with E-state index in [0.717, 1.165) is 0 Å². The maximum atomic E-state index is 13.9. The molecule has 2 rings (SSSR count). The number of halogens is 1. The van der Waals surface area contributed by atoms with Crippen molar-refractivity contribution in [3.05, 3.63) is 35.6 Å². The van der Waals surface area contributed by atoms with Crippen molar-refractivity contribution in [2.75, 3.05) is 7.11 Å². The number of nitrogens with zero attached hydrogens (tertiary/aromatic N) is 1. The van der Waals surface area contributed by atoms with E-state index in [-0.39, 0.29) is 11.9 Å². The summed E-state index contributed by atoms with van der Waals surface area (Å²) >= 11 is 0. The van der Waals surface area contributed by atoms with Gasteiger partial charge in [-0.3, -0.25) is 0 Å². The van der Waals surface area contributed by atoms with Crippen molar-refractivity contribution in [1.82, 2.24) is 0 Å². The maximum absolute atomic E-state index is 13.9. The van der Waals surface area contributed by atoms with Crippen LogP contribution in [0.1, 0.15) is 25.8 Å². The molecular weight excluding hydrogens is 221 g/mol. The van der Waals surface area contributed by atoms with Gasteiger partial charge in [0.25, 0.3) is 0 Å². The van der Waals surface area contributed by atoms with E-state index in [1.807, 2.05) is 6.92 Å². The van der Waals surface area contributed by atoms with Gasteiger partial charge in [-0.05, 0) is 19.9 Å². The lowest BCUT2D eigenvalue weighted by molar-refractivity contribution is -0.0484. The quantitative estimate of drug-likeness (QED) is 0.791. The molecule has 0 aromatic heterocycles. The fourth-order valence-electron chi connectivity index (χ4n) is 2.27. The fourth-order valence-corrected chi connectivity index (χ4v) is 2.27. The molecule has 0 bridgehead atoms. The normalized spacial score (nSPS) is 28.5. The molecule has 1 heterocycles. The van der Waals surface area contributed by atoms with Crippen molar-refractivity contribution in [2.45, 2.75) is 32.0 Å². The van der Waals surface area contributed by atoms with E-state index in [1.54, 1.807) is 32.2 Å². The molecule has 3 nitrogen and oxygen atoms in total. The number of hydrogen-bond acceptors (Lipinski definition) is 3. The van der Waals surface area contributed by atoms with Crippen LogP contribution in [0.3, 0.4) is 0 Å². The lowest BCUT2D eigenvalue weighted by Gasteiger charge is -2.37. The molecule has 0 fully saturated rings. The van der Waals surface area contributed by atoms with Gasteiger partial charge in [0.1, 0.15) is 17.5 Å². The summed E-state index contributed by atoms with van der Waals surface area (Å²) < 4.78 is 19.5. The molecule has 2 unspecified atom stereocenters. The molecule has 0 radical (unpaired) electrons. The molecule has 92 valence electrons. The second kappa shape index (κ2) is 4.45. The number of benzene rings is 1. The van der Waals surface area contributed by atoms with Gasteiger partial charge in [-0.1, -0.05) is 23.4 Å². The van der Waals surface area contributed by atoms with E-state index in [2.05, 4.69) is 5.16 Å². The first-order valence-electron chi connectivity index (χ1n) is 5.61. The Balaban J connectivity index is 2.54. The van der Waals surface area contributed by atoms with Crippen LogP contribution in [0, 0.1) is 5.82 Å². The third-order valence-electron chi connectivity index (χ3n) is 3.19. The monoisotopic (exact) mass is 237 g/mol. The summed E-state index contributed by atoms with van der Waals surface area (Å²) in [6.45, 7) is 3.69. The molecule has 17 heavy (non-hydrogen) atoms. The first-order valence-corrected chi connectivity index (χ1v) is 5.61. The van der Waals surface area contributed by atoms with Gasteiger partial charge in [-0.2, -0.15) is 0 Å². The third kappa shape index (κ3) is 1.93. The van der Waals surface area contributed by atoms with E-state index < -0.39 is 5.60 Å². The molecule has 1 aliphatic rings. The molecule has 1 aromatic carbocycles. The second-order valence-corrected chi connectivity index (χ2v) is 4.31. The highest BCUT2D eigenvalue weighted by Gasteiger charge is 2.42. The molecule has 0 N–H and O–H groups in total. The van der Waals surface area contributed by atoms with Gasteiger partial charge in [0.2, 0.25) is 0 Å². The van der Waals surface area contributed by atoms with Gasteiger partial charge in [-0.25, -0.2) is 4.39 Å². The summed E-state index contributed by atoms with van der Waals surface area (Å²) in [4.78, 5) is 5.19. The molecule has 0 saturated carbocycles. The summed E-state index contributed by atoms with van der Waals surface area (Å²) in [5.74, 6) is -0.280. The van der Waals surface area contributed by atoms with Crippen molar-refractivity contribution in [3.8, 4) is 0 Å². The molecule has 0 saturated heterocycles. The lowest BCUT2D eigenvalue weighted by Crippen LogP contribution is -2.43. The molecule has 0 aliphatic carbocycles. The van der Waals surface area contributed by atoms with Gasteiger partial charge in [0, 0.05) is 19.1 Å². The third-order valence-corrected chi connectivity index (χ3v) is 3.19. The number of methoxy groups -OCH3 is 1. The van der Waals surface area contributed by atoms with Crippen LogP contribution in [-0.2, 0) is 15.2 Å². The SMILES string of the molecule is COC1(c2ccccc2F)CC(C)ON=C1C. The number of ether oxygens (including phenoxy) is 1. The molecule has 1 aromatic rings. The van der Waals surface area contributed by atoms with Crippen molar-refractivity contribution in [2.24, 2.45) is 5.16 Å². The average molecular weight is 237 g/mol. The zero-order valence-corrected chi connectivity index (χ0v) is 10.2. The van der Waals surface area contributed by atoms with Crippen LogP contribution in [-0.4, -0.2) is 18.9 Å². The molecule has 4 heteroatoms.